The minimum atomic E-state index is -0.437. The lowest BCUT2D eigenvalue weighted by atomic mass is 10.2. The van der Waals surface area contributed by atoms with Gasteiger partial charge in [0.05, 0.1) is 6.54 Å². The van der Waals surface area contributed by atoms with Gasteiger partial charge < -0.3 is 10.1 Å². The molecule has 4 nitrogen and oxygen atoms in total. The van der Waals surface area contributed by atoms with Gasteiger partial charge in [0, 0.05) is 12.2 Å². The van der Waals surface area contributed by atoms with Crippen molar-refractivity contribution in [2.45, 2.75) is 0 Å². The van der Waals surface area contributed by atoms with Gasteiger partial charge in [0.25, 0.3) is 0 Å². The molecule has 0 aromatic heterocycles. The van der Waals surface area contributed by atoms with E-state index in [-0.39, 0.29) is 19.1 Å². The van der Waals surface area contributed by atoms with Crippen molar-refractivity contribution in [3.63, 3.8) is 0 Å². The third-order valence-corrected chi connectivity index (χ3v) is 3.08. The van der Waals surface area contributed by atoms with E-state index in [2.05, 4.69) is 5.32 Å². The zero-order chi connectivity index (χ0) is 17.0. The third kappa shape index (κ3) is 6.75. The van der Waals surface area contributed by atoms with Gasteiger partial charge >= 0.3 is 5.97 Å². The zero-order valence-electron chi connectivity index (χ0n) is 13.2. The highest BCUT2D eigenvalue weighted by molar-refractivity contribution is 5.91. The lowest BCUT2D eigenvalue weighted by Crippen LogP contribution is -2.26. The highest BCUT2D eigenvalue weighted by Gasteiger charge is 1.98. The third-order valence-electron chi connectivity index (χ3n) is 3.08. The predicted molar refractivity (Wildman–Crippen MR) is 94.9 cm³/mol. The topological polar surface area (TPSA) is 55.4 Å². The molecular weight excluding hydrogens is 302 g/mol. The molecule has 2 aromatic rings. The zero-order valence-corrected chi connectivity index (χ0v) is 13.2. The molecule has 24 heavy (non-hydrogen) atoms. The van der Waals surface area contributed by atoms with Crippen molar-refractivity contribution in [1.29, 1.82) is 0 Å². The van der Waals surface area contributed by atoms with Crippen LogP contribution in [0.4, 0.5) is 0 Å². The molecule has 0 unspecified atom stereocenters. The van der Waals surface area contributed by atoms with Crippen LogP contribution in [0.5, 0.6) is 0 Å². The summed E-state index contributed by atoms with van der Waals surface area (Å²) in [5, 5.41) is 2.66. The molecular formula is C20H19NO3. The van der Waals surface area contributed by atoms with Crippen molar-refractivity contribution >= 4 is 24.0 Å². The molecule has 0 radical (unpaired) electrons. The van der Waals surface area contributed by atoms with E-state index in [9.17, 15) is 9.59 Å². The Morgan fingerprint density at radius 1 is 0.833 bits per heavy atom. The normalized spacial score (nSPS) is 10.8. The van der Waals surface area contributed by atoms with Crippen molar-refractivity contribution in [2.75, 3.05) is 13.2 Å². The van der Waals surface area contributed by atoms with E-state index in [1.54, 1.807) is 12.2 Å². The number of carbonyl (C=O) groups excluding carboxylic acids is 2. The molecule has 0 atom stereocenters. The van der Waals surface area contributed by atoms with Crippen LogP contribution in [-0.2, 0) is 14.3 Å². The molecule has 1 N–H and O–H groups in total. The number of esters is 1. The van der Waals surface area contributed by atoms with Crippen LogP contribution >= 0.6 is 0 Å². The van der Waals surface area contributed by atoms with Crippen molar-refractivity contribution < 1.29 is 14.3 Å². The minimum absolute atomic E-state index is 0.128. The second kappa shape index (κ2) is 9.79. The van der Waals surface area contributed by atoms with Crippen molar-refractivity contribution in [1.82, 2.24) is 5.32 Å². The van der Waals surface area contributed by atoms with Crippen LogP contribution < -0.4 is 5.32 Å². The summed E-state index contributed by atoms with van der Waals surface area (Å²) in [6.45, 7) is 0.395. The molecule has 2 rings (SSSR count). The number of carbonyl (C=O) groups is 2. The van der Waals surface area contributed by atoms with E-state index in [4.69, 9.17) is 4.74 Å². The first-order valence-electron chi connectivity index (χ1n) is 7.65. The Kier molecular flexibility index (Phi) is 7.02. The Hall–Kier alpha value is -3.14. The van der Waals surface area contributed by atoms with Crippen LogP contribution in [0, 0.1) is 0 Å². The van der Waals surface area contributed by atoms with Gasteiger partial charge in [-0.3, -0.25) is 4.79 Å². The maximum absolute atomic E-state index is 11.6. The molecule has 0 saturated carbocycles. The van der Waals surface area contributed by atoms with E-state index in [0.717, 1.165) is 11.1 Å². The molecule has 0 spiro atoms. The smallest absolute Gasteiger partial charge is 0.330 e. The van der Waals surface area contributed by atoms with E-state index < -0.39 is 5.97 Å². The minimum Gasteiger partial charge on any atom is -0.461 e. The maximum Gasteiger partial charge on any atom is 0.330 e. The quantitative estimate of drug-likeness (QED) is 0.484. The second-order valence-corrected chi connectivity index (χ2v) is 4.95. The van der Waals surface area contributed by atoms with Crippen molar-refractivity contribution in [3.05, 3.63) is 83.9 Å². The fourth-order valence-electron chi connectivity index (χ4n) is 1.90. The van der Waals surface area contributed by atoms with Gasteiger partial charge in [-0.1, -0.05) is 60.7 Å². The van der Waals surface area contributed by atoms with Crippen LogP contribution in [0.25, 0.3) is 12.2 Å². The molecule has 0 aliphatic heterocycles. The Balaban J connectivity index is 1.63. The van der Waals surface area contributed by atoms with Gasteiger partial charge in [0.2, 0.25) is 5.91 Å². The summed E-state index contributed by atoms with van der Waals surface area (Å²) in [5.74, 6) is -0.664. The van der Waals surface area contributed by atoms with Crippen LogP contribution in [0.15, 0.2) is 72.8 Å². The molecule has 1 amide bonds. The Morgan fingerprint density at radius 2 is 1.38 bits per heavy atom. The summed E-state index contributed by atoms with van der Waals surface area (Å²) in [4.78, 5) is 23.2. The molecule has 4 heteroatoms. The Labute approximate surface area is 141 Å². The Bertz CT molecular complexity index is 643. The van der Waals surface area contributed by atoms with Crippen LogP contribution in [0.1, 0.15) is 11.1 Å². The van der Waals surface area contributed by atoms with E-state index in [0.29, 0.717) is 0 Å². The average molecular weight is 321 g/mol. The number of amides is 1. The number of hydrogen-bond acceptors (Lipinski definition) is 3. The number of benzene rings is 2. The average Bonchev–Trinajstić information content (AvgIpc) is 2.63. The largest absolute Gasteiger partial charge is 0.461 e. The standard InChI is InChI=1S/C20H19NO3/c22-19(13-11-17-7-3-1-4-8-17)21-15-16-24-20(23)14-12-18-9-5-2-6-10-18/h1-14H,15-16H2,(H,21,22)/b13-11+,14-12+. The summed E-state index contributed by atoms with van der Waals surface area (Å²) >= 11 is 0. The number of nitrogens with one attached hydrogen (secondary N) is 1. The molecule has 0 fully saturated rings. The molecule has 0 saturated heterocycles. The molecule has 0 heterocycles. The summed E-state index contributed by atoms with van der Waals surface area (Å²) in [5.41, 5.74) is 1.87. The van der Waals surface area contributed by atoms with Crippen molar-refractivity contribution in [3.8, 4) is 0 Å². The number of rotatable bonds is 7. The number of hydrogen-bond donors (Lipinski definition) is 1. The first kappa shape index (κ1) is 17.2. The monoisotopic (exact) mass is 321 g/mol. The predicted octanol–water partition coefficient (Wildman–Crippen LogP) is 3.07. The summed E-state index contributed by atoms with van der Waals surface area (Å²) in [6.07, 6.45) is 6.23. The first-order chi connectivity index (χ1) is 11.7. The number of ether oxygens (including phenoxy) is 1. The molecule has 122 valence electrons. The first-order valence-corrected chi connectivity index (χ1v) is 7.65. The second-order valence-electron chi connectivity index (χ2n) is 4.95. The maximum atomic E-state index is 11.6. The lowest BCUT2D eigenvalue weighted by Gasteiger charge is -2.03. The fourth-order valence-corrected chi connectivity index (χ4v) is 1.90. The SMILES string of the molecule is O=C(/C=C/c1ccccc1)NCCOC(=O)/C=C/c1ccccc1. The van der Waals surface area contributed by atoms with Crippen LogP contribution in [0.3, 0.4) is 0 Å². The molecule has 0 aliphatic rings. The van der Waals surface area contributed by atoms with Gasteiger partial charge in [-0.15, -0.1) is 0 Å². The molecule has 0 aliphatic carbocycles. The van der Waals surface area contributed by atoms with Gasteiger partial charge in [0.15, 0.2) is 0 Å². The van der Waals surface area contributed by atoms with Crippen LogP contribution in [0.2, 0.25) is 0 Å². The van der Waals surface area contributed by atoms with Crippen molar-refractivity contribution in [2.24, 2.45) is 0 Å². The summed E-state index contributed by atoms with van der Waals surface area (Å²) < 4.78 is 5.01. The van der Waals surface area contributed by atoms with Crippen LogP contribution in [-0.4, -0.2) is 25.0 Å². The molecule has 2 aromatic carbocycles. The van der Waals surface area contributed by atoms with E-state index in [1.165, 1.54) is 12.2 Å². The lowest BCUT2D eigenvalue weighted by molar-refractivity contribution is -0.137. The van der Waals surface area contributed by atoms with E-state index >= 15 is 0 Å². The van der Waals surface area contributed by atoms with Gasteiger partial charge in [-0.05, 0) is 23.3 Å². The highest BCUT2D eigenvalue weighted by atomic mass is 16.5. The van der Waals surface area contributed by atoms with Gasteiger partial charge in [-0.2, -0.15) is 0 Å². The fraction of sp³-hybridized carbons (Fsp3) is 0.100. The highest BCUT2D eigenvalue weighted by Crippen LogP contribution is 2.01. The summed E-state index contributed by atoms with van der Waals surface area (Å²) in [6, 6.07) is 19.0. The summed E-state index contributed by atoms with van der Waals surface area (Å²) in [7, 11) is 0. The van der Waals surface area contributed by atoms with Gasteiger partial charge in [0.1, 0.15) is 6.61 Å². The van der Waals surface area contributed by atoms with Gasteiger partial charge in [-0.25, -0.2) is 4.79 Å². The van der Waals surface area contributed by atoms with E-state index in [1.807, 2.05) is 60.7 Å². The Morgan fingerprint density at radius 3 is 1.96 bits per heavy atom. The molecule has 0 bridgehead atoms.